The van der Waals surface area contributed by atoms with Gasteiger partial charge in [0.2, 0.25) is 0 Å². The SMILES string of the molecule is COc1ccc(C2=C3C(=O)c4c(cccc4N(C(=O)NN)C(=O)c4cc(OC)cc(OC)c4)C3N=N2)cc1. The fourth-order valence-electron chi connectivity index (χ4n) is 4.56. The van der Waals surface area contributed by atoms with E-state index in [1.165, 1.54) is 32.4 Å². The van der Waals surface area contributed by atoms with Crippen LogP contribution in [-0.4, -0.2) is 39.1 Å². The molecule has 0 fully saturated rings. The molecule has 0 spiro atoms. The molecule has 1 heterocycles. The fraction of sp³-hybridized carbons (Fsp3) is 0.148. The van der Waals surface area contributed by atoms with Gasteiger partial charge in [-0.15, -0.1) is 0 Å². The van der Waals surface area contributed by atoms with Gasteiger partial charge >= 0.3 is 6.03 Å². The molecule has 3 N–H and O–H groups in total. The highest BCUT2D eigenvalue weighted by atomic mass is 16.5. The maximum atomic E-state index is 13.8. The predicted molar refractivity (Wildman–Crippen MR) is 137 cm³/mol. The summed E-state index contributed by atoms with van der Waals surface area (Å²) in [5.41, 5.74) is 4.32. The first-order valence-corrected chi connectivity index (χ1v) is 11.5. The number of benzene rings is 3. The third kappa shape index (κ3) is 3.95. The van der Waals surface area contributed by atoms with Crippen molar-refractivity contribution in [1.29, 1.82) is 0 Å². The number of anilines is 1. The third-order valence-corrected chi connectivity index (χ3v) is 6.38. The number of fused-ring (bicyclic) bond motifs is 3. The Morgan fingerprint density at radius 2 is 1.58 bits per heavy atom. The van der Waals surface area contributed by atoms with Crippen LogP contribution < -0.4 is 30.4 Å². The molecule has 0 radical (unpaired) electrons. The first kappa shape index (κ1) is 24.7. The van der Waals surface area contributed by atoms with Crippen LogP contribution in [0.3, 0.4) is 0 Å². The van der Waals surface area contributed by atoms with Gasteiger partial charge in [-0.25, -0.2) is 15.5 Å². The van der Waals surface area contributed by atoms with Crippen LogP contribution in [0.2, 0.25) is 0 Å². The zero-order valence-electron chi connectivity index (χ0n) is 20.7. The molecule has 1 unspecified atom stereocenters. The molecule has 3 aromatic rings. The number of carbonyl (C=O) groups is 3. The molecule has 5 rings (SSSR count). The van der Waals surface area contributed by atoms with E-state index in [1.807, 2.05) is 5.43 Å². The molecule has 0 aromatic heterocycles. The molecule has 1 aliphatic heterocycles. The van der Waals surface area contributed by atoms with Gasteiger partial charge in [0.1, 0.15) is 29.0 Å². The van der Waals surface area contributed by atoms with Crippen molar-refractivity contribution in [1.82, 2.24) is 5.43 Å². The minimum Gasteiger partial charge on any atom is -0.497 e. The summed E-state index contributed by atoms with van der Waals surface area (Å²) in [5.74, 6) is 5.67. The summed E-state index contributed by atoms with van der Waals surface area (Å²) >= 11 is 0. The number of nitrogens with zero attached hydrogens (tertiary/aromatic N) is 3. The Morgan fingerprint density at radius 1 is 0.921 bits per heavy atom. The number of imide groups is 1. The van der Waals surface area contributed by atoms with E-state index < -0.39 is 18.0 Å². The summed E-state index contributed by atoms with van der Waals surface area (Å²) in [6.07, 6.45) is 0. The predicted octanol–water partition coefficient (Wildman–Crippen LogP) is 4.06. The van der Waals surface area contributed by atoms with E-state index >= 15 is 0 Å². The Bertz CT molecular complexity index is 1510. The first-order valence-electron chi connectivity index (χ1n) is 11.5. The molecule has 0 saturated heterocycles. The van der Waals surface area contributed by atoms with E-state index in [2.05, 4.69) is 10.2 Å². The average Bonchev–Trinajstić information content (AvgIpc) is 3.52. The summed E-state index contributed by atoms with van der Waals surface area (Å²) in [5, 5.41) is 8.62. The number of azo groups is 1. The minimum absolute atomic E-state index is 0.0633. The summed E-state index contributed by atoms with van der Waals surface area (Å²) < 4.78 is 15.7. The highest BCUT2D eigenvalue weighted by Gasteiger charge is 2.44. The number of hydrogen-bond donors (Lipinski definition) is 2. The lowest BCUT2D eigenvalue weighted by atomic mass is 10.0. The Kier molecular flexibility index (Phi) is 6.35. The van der Waals surface area contributed by atoms with Gasteiger partial charge in [0, 0.05) is 17.2 Å². The van der Waals surface area contributed by atoms with Crippen molar-refractivity contribution >= 4 is 29.1 Å². The van der Waals surface area contributed by atoms with Crippen LogP contribution in [0.25, 0.3) is 5.70 Å². The second-order valence-corrected chi connectivity index (χ2v) is 8.37. The molecule has 11 heteroatoms. The van der Waals surface area contributed by atoms with Crippen LogP contribution in [0.4, 0.5) is 10.5 Å². The van der Waals surface area contributed by atoms with Crippen molar-refractivity contribution in [2.45, 2.75) is 6.04 Å². The van der Waals surface area contributed by atoms with Gasteiger partial charge in [0.15, 0.2) is 5.78 Å². The van der Waals surface area contributed by atoms with Gasteiger partial charge in [-0.2, -0.15) is 10.2 Å². The summed E-state index contributed by atoms with van der Waals surface area (Å²) in [7, 11) is 4.45. The maximum Gasteiger partial charge on any atom is 0.343 e. The average molecular weight is 514 g/mol. The number of rotatable bonds is 6. The van der Waals surface area contributed by atoms with Crippen molar-refractivity contribution in [3.05, 3.63) is 88.5 Å². The van der Waals surface area contributed by atoms with E-state index in [0.717, 1.165) is 4.90 Å². The van der Waals surface area contributed by atoms with Crippen LogP contribution in [0, 0.1) is 0 Å². The monoisotopic (exact) mass is 513 g/mol. The maximum absolute atomic E-state index is 13.8. The van der Waals surface area contributed by atoms with Gasteiger partial charge in [-0.05, 0) is 48.0 Å². The van der Waals surface area contributed by atoms with Crippen LogP contribution in [-0.2, 0) is 0 Å². The van der Waals surface area contributed by atoms with Gasteiger partial charge in [0.25, 0.3) is 5.91 Å². The number of urea groups is 1. The van der Waals surface area contributed by atoms with Crippen molar-refractivity contribution in [3.63, 3.8) is 0 Å². The number of Topliss-reactive ketones (excluding diaryl/α,β-unsaturated/α-hetero) is 1. The van der Waals surface area contributed by atoms with Crippen molar-refractivity contribution < 1.29 is 28.6 Å². The van der Waals surface area contributed by atoms with E-state index in [9.17, 15) is 14.4 Å². The number of nitrogens with one attached hydrogen (secondary N) is 1. The molecule has 2 aliphatic rings. The number of methoxy groups -OCH3 is 3. The van der Waals surface area contributed by atoms with E-state index in [4.69, 9.17) is 20.1 Å². The van der Waals surface area contributed by atoms with Gasteiger partial charge in [-0.3, -0.25) is 15.0 Å². The van der Waals surface area contributed by atoms with E-state index in [1.54, 1.807) is 49.6 Å². The quantitative estimate of drug-likeness (QED) is 0.287. The summed E-state index contributed by atoms with van der Waals surface area (Å²) in [4.78, 5) is 41.3. The zero-order chi connectivity index (χ0) is 27.0. The van der Waals surface area contributed by atoms with Gasteiger partial charge < -0.3 is 14.2 Å². The van der Waals surface area contributed by atoms with Crippen LogP contribution in [0.1, 0.15) is 37.9 Å². The Morgan fingerprint density at radius 3 is 2.18 bits per heavy atom. The second kappa shape index (κ2) is 9.79. The van der Waals surface area contributed by atoms with Crippen molar-refractivity contribution in [2.75, 3.05) is 26.2 Å². The second-order valence-electron chi connectivity index (χ2n) is 8.37. The normalized spacial score (nSPS) is 15.2. The number of hydrogen-bond acceptors (Lipinski definition) is 9. The number of nitrogens with two attached hydrogens (primary N) is 1. The third-order valence-electron chi connectivity index (χ3n) is 6.38. The fourth-order valence-corrected chi connectivity index (χ4v) is 4.56. The van der Waals surface area contributed by atoms with E-state index in [-0.39, 0.29) is 22.6 Å². The zero-order valence-corrected chi connectivity index (χ0v) is 20.7. The molecular weight excluding hydrogens is 490 g/mol. The van der Waals surface area contributed by atoms with Gasteiger partial charge in [0.05, 0.1) is 38.2 Å². The van der Waals surface area contributed by atoms with Crippen LogP contribution >= 0.6 is 0 Å². The molecule has 1 aliphatic carbocycles. The largest absolute Gasteiger partial charge is 0.497 e. The summed E-state index contributed by atoms with van der Waals surface area (Å²) in [6, 6.07) is 14.9. The minimum atomic E-state index is -0.930. The molecule has 1 atom stereocenters. The molecule has 11 nitrogen and oxygen atoms in total. The molecule has 0 saturated carbocycles. The highest BCUT2D eigenvalue weighted by Crippen LogP contribution is 2.49. The molecule has 0 bridgehead atoms. The highest BCUT2D eigenvalue weighted by molar-refractivity contribution is 6.27. The smallest absolute Gasteiger partial charge is 0.343 e. The lowest BCUT2D eigenvalue weighted by Gasteiger charge is -2.23. The molecule has 3 amide bonds. The number of hydrazine groups is 1. The van der Waals surface area contributed by atoms with E-state index in [0.29, 0.717) is 39.6 Å². The number of carbonyl (C=O) groups excluding carboxylic acids is 3. The van der Waals surface area contributed by atoms with Gasteiger partial charge in [-0.1, -0.05) is 12.1 Å². The molecule has 3 aromatic carbocycles. The molecular formula is C27H23N5O6. The van der Waals surface area contributed by atoms with Crippen molar-refractivity contribution in [3.8, 4) is 17.2 Å². The lowest BCUT2D eigenvalue weighted by Crippen LogP contribution is -2.47. The van der Waals surface area contributed by atoms with Crippen LogP contribution in [0.5, 0.6) is 17.2 Å². The standard InChI is InChI=1S/C27H23N5O6/c1-36-16-9-7-14(8-10-16)23-22-24(31-30-23)19-5-4-6-20(21(19)25(22)33)32(27(35)29-28)26(34)15-11-17(37-2)13-18(12-15)38-3/h4-13,24H,28H2,1-3H3,(H,29,35). The Balaban J connectivity index is 1.62. The first-order chi connectivity index (χ1) is 18.4. The van der Waals surface area contributed by atoms with Crippen LogP contribution in [0.15, 0.2) is 76.5 Å². The number of amides is 3. The number of ether oxygens (including phenoxy) is 3. The lowest BCUT2D eigenvalue weighted by molar-refractivity contribution is 0.0993. The number of ketones is 1. The molecule has 192 valence electrons. The Labute approximate surface area is 217 Å². The summed E-state index contributed by atoms with van der Waals surface area (Å²) in [6.45, 7) is 0. The molecule has 38 heavy (non-hydrogen) atoms. The Hall–Kier alpha value is -5.03. The topological polar surface area (TPSA) is 145 Å². The van der Waals surface area contributed by atoms with Crippen molar-refractivity contribution in [2.24, 2.45) is 16.1 Å².